The van der Waals surface area contributed by atoms with E-state index in [-0.39, 0.29) is 10.6 Å². The monoisotopic (exact) mass is 386 g/mol. The van der Waals surface area contributed by atoms with Gasteiger partial charge in [0, 0.05) is 22.7 Å². The maximum Gasteiger partial charge on any atom is 0.271 e. The Bertz CT molecular complexity index is 1020. The number of thiophene rings is 1. The van der Waals surface area contributed by atoms with Crippen LogP contribution in [-0.2, 0) is 12.8 Å². The van der Waals surface area contributed by atoms with E-state index in [4.69, 9.17) is 4.98 Å². The van der Waals surface area contributed by atoms with Crippen molar-refractivity contribution in [1.29, 1.82) is 0 Å². The van der Waals surface area contributed by atoms with Gasteiger partial charge in [-0.15, -0.1) is 11.3 Å². The van der Waals surface area contributed by atoms with Crippen LogP contribution < -0.4 is 5.32 Å². The number of hydrogen-bond donors (Lipinski definition) is 1. The molecule has 1 aliphatic rings. The van der Waals surface area contributed by atoms with Crippen LogP contribution in [0.2, 0.25) is 0 Å². The number of rotatable bonds is 4. The lowest BCUT2D eigenvalue weighted by atomic mass is 9.97. The van der Waals surface area contributed by atoms with E-state index in [1.807, 2.05) is 13.2 Å². The van der Waals surface area contributed by atoms with Gasteiger partial charge in [0.1, 0.15) is 10.6 Å². The summed E-state index contributed by atoms with van der Waals surface area (Å²) in [5.74, 6) is 0.752. The Kier molecular flexibility index (Phi) is 4.54. The minimum Gasteiger partial charge on any atom is -0.339 e. The molecule has 0 amide bonds. The smallest absolute Gasteiger partial charge is 0.271 e. The van der Waals surface area contributed by atoms with E-state index < -0.39 is 0 Å². The van der Waals surface area contributed by atoms with Crippen molar-refractivity contribution in [3.63, 3.8) is 0 Å². The highest BCUT2D eigenvalue weighted by Gasteiger charge is 2.22. The molecular weight excluding hydrogens is 368 g/mol. The van der Waals surface area contributed by atoms with Gasteiger partial charge in [0.15, 0.2) is 5.16 Å². The molecule has 0 radical (unpaired) electrons. The van der Waals surface area contributed by atoms with Crippen molar-refractivity contribution < 1.29 is 4.92 Å². The Labute approximate surface area is 159 Å². The Morgan fingerprint density at radius 1 is 1.27 bits per heavy atom. The fraction of sp³-hybridized carbons (Fsp3) is 0.333. The molecule has 0 unspecified atom stereocenters. The highest BCUT2D eigenvalue weighted by molar-refractivity contribution is 7.98. The van der Waals surface area contributed by atoms with Crippen molar-refractivity contribution in [2.24, 2.45) is 0 Å². The molecule has 0 atom stereocenters. The molecule has 8 heteroatoms. The minimum absolute atomic E-state index is 0.0702. The number of thioether (sulfide) groups is 1. The molecule has 2 heterocycles. The molecule has 3 aromatic rings. The van der Waals surface area contributed by atoms with Crippen LogP contribution in [0.25, 0.3) is 10.2 Å². The average molecular weight is 387 g/mol. The molecule has 0 saturated heterocycles. The average Bonchev–Trinajstić information content (AvgIpc) is 3.01. The van der Waals surface area contributed by atoms with Crippen LogP contribution in [0.15, 0.2) is 23.4 Å². The summed E-state index contributed by atoms with van der Waals surface area (Å²) in [7, 11) is 0. The first-order valence-corrected chi connectivity index (χ1v) is 10.5. The number of nitro benzene ring substituents is 1. The second-order valence-electron chi connectivity index (χ2n) is 6.33. The van der Waals surface area contributed by atoms with E-state index in [0.29, 0.717) is 10.8 Å². The quantitative estimate of drug-likeness (QED) is 0.285. The minimum atomic E-state index is -0.375. The number of non-ortho nitro benzene ring substituents is 1. The molecular formula is C18H18N4O2S2. The highest BCUT2D eigenvalue weighted by Crippen LogP contribution is 2.40. The van der Waals surface area contributed by atoms with E-state index in [1.165, 1.54) is 41.1 Å². The zero-order valence-electron chi connectivity index (χ0n) is 14.5. The maximum atomic E-state index is 11.1. The number of hydrogen-bond acceptors (Lipinski definition) is 7. The number of nitrogens with zero attached hydrogens (tertiary/aromatic N) is 3. The standard InChI is InChI=1S/C18H18N4O2S2/c1-10-7-8-11(22(23)24)9-13(10)19-16-15-12-5-3-4-6-14(12)26-17(15)21-18(20-16)25-2/h7-9H,3-6H2,1-2H3,(H,19,20,21). The maximum absolute atomic E-state index is 11.1. The summed E-state index contributed by atoms with van der Waals surface area (Å²) in [5.41, 5.74) is 3.06. The van der Waals surface area contributed by atoms with Crippen molar-refractivity contribution in [3.05, 3.63) is 44.3 Å². The highest BCUT2D eigenvalue weighted by atomic mass is 32.2. The fourth-order valence-electron chi connectivity index (χ4n) is 3.31. The molecule has 1 aromatic carbocycles. The summed E-state index contributed by atoms with van der Waals surface area (Å²) in [6.07, 6.45) is 6.49. The third kappa shape index (κ3) is 3.03. The van der Waals surface area contributed by atoms with Gasteiger partial charge in [0.25, 0.3) is 5.69 Å². The second-order valence-corrected chi connectivity index (χ2v) is 8.19. The number of nitrogens with one attached hydrogen (secondary N) is 1. The summed E-state index contributed by atoms with van der Waals surface area (Å²) < 4.78 is 0. The zero-order valence-corrected chi connectivity index (χ0v) is 16.2. The molecule has 4 rings (SSSR count). The Balaban J connectivity index is 1.87. The number of anilines is 2. The van der Waals surface area contributed by atoms with E-state index in [1.54, 1.807) is 23.5 Å². The first-order chi connectivity index (χ1) is 12.6. The van der Waals surface area contributed by atoms with Crippen LogP contribution in [0, 0.1) is 17.0 Å². The van der Waals surface area contributed by atoms with Crippen LogP contribution in [-0.4, -0.2) is 21.1 Å². The van der Waals surface area contributed by atoms with Crippen LogP contribution in [0.3, 0.4) is 0 Å². The van der Waals surface area contributed by atoms with Gasteiger partial charge in [-0.1, -0.05) is 17.8 Å². The molecule has 0 saturated carbocycles. The Morgan fingerprint density at radius 3 is 2.85 bits per heavy atom. The molecule has 134 valence electrons. The summed E-state index contributed by atoms with van der Waals surface area (Å²) in [5, 5.41) is 16.3. The number of aryl methyl sites for hydroxylation is 3. The van der Waals surface area contributed by atoms with Crippen LogP contribution >= 0.6 is 23.1 Å². The molecule has 0 spiro atoms. The lowest BCUT2D eigenvalue weighted by Gasteiger charge is -2.14. The molecule has 0 aliphatic heterocycles. The van der Waals surface area contributed by atoms with Gasteiger partial charge in [-0.05, 0) is 50.0 Å². The normalized spacial score (nSPS) is 13.6. The second kappa shape index (κ2) is 6.85. The third-order valence-corrected chi connectivity index (χ3v) is 6.40. The van der Waals surface area contributed by atoms with Gasteiger partial charge >= 0.3 is 0 Å². The van der Waals surface area contributed by atoms with E-state index >= 15 is 0 Å². The predicted octanol–water partition coefficient (Wildman–Crippen LogP) is 5.25. The molecule has 26 heavy (non-hydrogen) atoms. The third-order valence-electron chi connectivity index (χ3n) is 4.66. The first-order valence-electron chi connectivity index (χ1n) is 8.45. The van der Waals surface area contributed by atoms with Gasteiger partial charge in [-0.25, -0.2) is 9.97 Å². The predicted molar refractivity (Wildman–Crippen MR) is 107 cm³/mol. The number of fused-ring (bicyclic) bond motifs is 3. The fourth-order valence-corrected chi connectivity index (χ4v) is 4.99. The molecule has 2 aromatic heterocycles. The van der Waals surface area contributed by atoms with Gasteiger partial charge in [0.2, 0.25) is 0 Å². The van der Waals surface area contributed by atoms with E-state index in [2.05, 4.69) is 10.3 Å². The first kappa shape index (κ1) is 17.2. The van der Waals surface area contributed by atoms with Crippen LogP contribution in [0.5, 0.6) is 0 Å². The zero-order chi connectivity index (χ0) is 18.3. The Hall–Kier alpha value is -2.19. The molecule has 1 aliphatic carbocycles. The van der Waals surface area contributed by atoms with Crippen molar-refractivity contribution in [1.82, 2.24) is 9.97 Å². The molecule has 0 bridgehead atoms. The van der Waals surface area contributed by atoms with Crippen molar-refractivity contribution in [3.8, 4) is 0 Å². The largest absolute Gasteiger partial charge is 0.339 e. The van der Waals surface area contributed by atoms with Crippen LogP contribution in [0.1, 0.15) is 28.8 Å². The van der Waals surface area contributed by atoms with Crippen molar-refractivity contribution in [2.45, 2.75) is 37.8 Å². The van der Waals surface area contributed by atoms with E-state index in [0.717, 1.165) is 34.4 Å². The van der Waals surface area contributed by atoms with Gasteiger partial charge in [0.05, 0.1) is 10.3 Å². The van der Waals surface area contributed by atoms with Gasteiger partial charge < -0.3 is 5.32 Å². The van der Waals surface area contributed by atoms with Crippen LogP contribution in [0.4, 0.5) is 17.2 Å². The molecule has 6 nitrogen and oxygen atoms in total. The van der Waals surface area contributed by atoms with Gasteiger partial charge in [-0.3, -0.25) is 10.1 Å². The Morgan fingerprint density at radius 2 is 2.08 bits per heavy atom. The summed E-state index contributed by atoms with van der Waals surface area (Å²) in [6.45, 7) is 1.93. The summed E-state index contributed by atoms with van der Waals surface area (Å²) in [4.78, 5) is 22.5. The topological polar surface area (TPSA) is 81.0 Å². The summed E-state index contributed by atoms with van der Waals surface area (Å²) in [6, 6.07) is 4.86. The lowest BCUT2D eigenvalue weighted by Crippen LogP contribution is -2.03. The lowest BCUT2D eigenvalue weighted by molar-refractivity contribution is -0.384. The summed E-state index contributed by atoms with van der Waals surface area (Å²) >= 11 is 3.26. The van der Waals surface area contributed by atoms with Crippen molar-refractivity contribution in [2.75, 3.05) is 11.6 Å². The number of aromatic nitrogens is 2. The van der Waals surface area contributed by atoms with E-state index in [9.17, 15) is 10.1 Å². The number of benzene rings is 1. The SMILES string of the molecule is CSc1nc(Nc2cc([N+](=O)[O-])ccc2C)c2c3c(sc2n1)CCCC3. The van der Waals surface area contributed by atoms with Gasteiger partial charge in [-0.2, -0.15) is 0 Å². The number of nitro groups is 1. The molecule has 1 N–H and O–H groups in total. The molecule has 0 fully saturated rings. The van der Waals surface area contributed by atoms with Crippen molar-refractivity contribution >= 4 is 50.5 Å².